The third-order valence-electron chi connectivity index (χ3n) is 4.57. The monoisotopic (exact) mass is 336 g/mol. The van der Waals surface area contributed by atoms with Crippen molar-refractivity contribution >= 4 is 11.6 Å². The normalized spacial score (nSPS) is 18.2. The van der Waals surface area contributed by atoms with Crippen LogP contribution in [0, 0.1) is 5.82 Å². The van der Waals surface area contributed by atoms with Gasteiger partial charge in [-0.3, -0.25) is 9.69 Å². The molecule has 0 aliphatic carbocycles. The van der Waals surface area contributed by atoms with Crippen LogP contribution in [0.5, 0.6) is 0 Å². The third-order valence-corrected chi connectivity index (χ3v) is 4.57. The Bertz CT molecular complexity index is 514. The number of benzene rings is 1. The van der Waals surface area contributed by atoms with Crippen LogP contribution in [-0.2, 0) is 4.79 Å². The molecule has 0 radical (unpaired) electrons. The van der Waals surface area contributed by atoms with Crippen molar-refractivity contribution in [2.45, 2.75) is 32.9 Å². The highest BCUT2D eigenvalue weighted by Gasteiger charge is 2.25. The zero-order valence-electron chi connectivity index (χ0n) is 14.9. The summed E-state index contributed by atoms with van der Waals surface area (Å²) in [6.07, 6.45) is 0. The van der Waals surface area contributed by atoms with E-state index in [4.69, 9.17) is 0 Å². The van der Waals surface area contributed by atoms with Crippen LogP contribution in [0.15, 0.2) is 24.3 Å². The van der Waals surface area contributed by atoms with Gasteiger partial charge >= 0.3 is 0 Å². The molecule has 1 heterocycles. The van der Waals surface area contributed by atoms with Crippen LogP contribution >= 0.6 is 0 Å². The number of likely N-dealkylation sites (N-methyl/N-ethyl adjacent to an activating group) is 1. The standard InChI is InChI=1S/C18H29FN4O/c1-4-20-14(2)13-21-18(24)15(3)22-9-11-23(12-10-22)17-7-5-16(19)6-8-17/h5-8,14-15,20H,4,9-13H2,1-3H3,(H,21,24)/t14-,15?/m1/s1. The molecule has 1 amide bonds. The zero-order chi connectivity index (χ0) is 17.5. The maximum absolute atomic E-state index is 13.0. The maximum Gasteiger partial charge on any atom is 0.237 e. The Labute approximate surface area is 144 Å². The second-order valence-electron chi connectivity index (χ2n) is 6.38. The van der Waals surface area contributed by atoms with Gasteiger partial charge in [-0.25, -0.2) is 4.39 Å². The lowest BCUT2D eigenvalue weighted by Gasteiger charge is -2.38. The minimum Gasteiger partial charge on any atom is -0.369 e. The molecule has 2 N–H and O–H groups in total. The first kappa shape index (κ1) is 18.7. The molecule has 1 aromatic carbocycles. The van der Waals surface area contributed by atoms with Crippen LogP contribution in [0.3, 0.4) is 0 Å². The van der Waals surface area contributed by atoms with Crippen LogP contribution in [0.25, 0.3) is 0 Å². The molecule has 0 spiro atoms. The fourth-order valence-corrected chi connectivity index (χ4v) is 3.01. The van der Waals surface area contributed by atoms with Gasteiger partial charge in [-0.2, -0.15) is 0 Å². The third kappa shape index (κ3) is 5.18. The molecule has 134 valence electrons. The number of rotatable bonds is 7. The van der Waals surface area contributed by atoms with E-state index >= 15 is 0 Å². The summed E-state index contributed by atoms with van der Waals surface area (Å²) in [5.74, 6) is -0.135. The second kappa shape index (κ2) is 8.99. The summed E-state index contributed by atoms with van der Waals surface area (Å²) in [6.45, 7) is 11.0. The molecule has 5 nitrogen and oxygen atoms in total. The molecule has 6 heteroatoms. The molecule has 0 bridgehead atoms. The Morgan fingerprint density at radius 1 is 1.17 bits per heavy atom. The summed E-state index contributed by atoms with van der Waals surface area (Å²) in [5, 5.41) is 6.30. The SMILES string of the molecule is CCN[C@H](C)CNC(=O)C(C)N1CCN(c2ccc(F)cc2)CC1. The number of hydrogen-bond donors (Lipinski definition) is 2. The van der Waals surface area contributed by atoms with E-state index in [0.29, 0.717) is 6.54 Å². The van der Waals surface area contributed by atoms with Crippen molar-refractivity contribution < 1.29 is 9.18 Å². The summed E-state index contributed by atoms with van der Waals surface area (Å²) >= 11 is 0. The van der Waals surface area contributed by atoms with Crippen LogP contribution in [0.2, 0.25) is 0 Å². The van der Waals surface area contributed by atoms with Crippen molar-refractivity contribution in [2.75, 3.05) is 44.2 Å². The second-order valence-corrected chi connectivity index (χ2v) is 6.38. The smallest absolute Gasteiger partial charge is 0.237 e. The molecule has 24 heavy (non-hydrogen) atoms. The van der Waals surface area contributed by atoms with Gasteiger partial charge in [0, 0.05) is 44.5 Å². The van der Waals surface area contributed by atoms with Gasteiger partial charge in [-0.05, 0) is 44.7 Å². The summed E-state index contributed by atoms with van der Waals surface area (Å²) in [4.78, 5) is 16.7. The van der Waals surface area contributed by atoms with E-state index in [0.717, 1.165) is 38.4 Å². The largest absolute Gasteiger partial charge is 0.369 e. The van der Waals surface area contributed by atoms with E-state index in [9.17, 15) is 9.18 Å². The van der Waals surface area contributed by atoms with Crippen molar-refractivity contribution in [1.82, 2.24) is 15.5 Å². The van der Waals surface area contributed by atoms with Gasteiger partial charge in [-0.1, -0.05) is 6.92 Å². The minimum absolute atomic E-state index is 0.0787. The Morgan fingerprint density at radius 2 is 1.79 bits per heavy atom. The van der Waals surface area contributed by atoms with Crippen molar-refractivity contribution in [3.63, 3.8) is 0 Å². The Hall–Kier alpha value is -1.66. The molecular weight excluding hydrogens is 307 g/mol. The van der Waals surface area contributed by atoms with Gasteiger partial charge in [0.05, 0.1) is 6.04 Å². The molecule has 0 saturated carbocycles. The highest BCUT2D eigenvalue weighted by molar-refractivity contribution is 5.81. The topological polar surface area (TPSA) is 47.6 Å². The minimum atomic E-state index is -0.213. The van der Waals surface area contributed by atoms with Crippen molar-refractivity contribution in [1.29, 1.82) is 0 Å². The first-order chi connectivity index (χ1) is 11.5. The summed E-state index contributed by atoms with van der Waals surface area (Å²) in [5.41, 5.74) is 1.03. The molecule has 1 saturated heterocycles. The van der Waals surface area contributed by atoms with Gasteiger partial charge in [-0.15, -0.1) is 0 Å². The van der Waals surface area contributed by atoms with E-state index in [1.807, 2.05) is 19.1 Å². The lowest BCUT2D eigenvalue weighted by atomic mass is 10.2. The Kier molecular flexibility index (Phi) is 6.99. The van der Waals surface area contributed by atoms with E-state index in [-0.39, 0.29) is 23.8 Å². The first-order valence-corrected chi connectivity index (χ1v) is 8.77. The molecular formula is C18H29FN4O. The Balaban J connectivity index is 1.78. The molecule has 2 rings (SSSR count). The summed E-state index contributed by atoms with van der Waals surface area (Å²) < 4.78 is 13.0. The van der Waals surface area contributed by atoms with Crippen molar-refractivity contribution in [3.05, 3.63) is 30.1 Å². The summed E-state index contributed by atoms with van der Waals surface area (Å²) in [6, 6.07) is 6.75. The van der Waals surface area contributed by atoms with Crippen LogP contribution in [-0.4, -0.2) is 62.2 Å². The van der Waals surface area contributed by atoms with Crippen LogP contribution < -0.4 is 15.5 Å². The number of carbonyl (C=O) groups is 1. The lowest BCUT2D eigenvalue weighted by molar-refractivity contribution is -0.126. The average Bonchev–Trinajstić information content (AvgIpc) is 2.60. The zero-order valence-corrected chi connectivity index (χ0v) is 14.9. The van der Waals surface area contributed by atoms with Gasteiger partial charge in [0.25, 0.3) is 0 Å². The van der Waals surface area contributed by atoms with Gasteiger partial charge < -0.3 is 15.5 Å². The molecule has 0 aromatic heterocycles. The number of nitrogens with zero attached hydrogens (tertiary/aromatic N) is 2. The van der Waals surface area contributed by atoms with E-state index in [1.165, 1.54) is 12.1 Å². The number of anilines is 1. The molecule has 1 unspecified atom stereocenters. The molecule has 1 aromatic rings. The van der Waals surface area contributed by atoms with Crippen LogP contribution in [0.1, 0.15) is 20.8 Å². The van der Waals surface area contributed by atoms with E-state index < -0.39 is 0 Å². The number of halogens is 1. The van der Waals surface area contributed by atoms with Crippen molar-refractivity contribution in [3.8, 4) is 0 Å². The van der Waals surface area contributed by atoms with Crippen molar-refractivity contribution in [2.24, 2.45) is 0 Å². The lowest BCUT2D eigenvalue weighted by Crippen LogP contribution is -2.54. The number of nitrogens with one attached hydrogen (secondary N) is 2. The molecule has 1 aliphatic rings. The number of amides is 1. The molecule has 1 aliphatic heterocycles. The van der Waals surface area contributed by atoms with Crippen LogP contribution in [0.4, 0.5) is 10.1 Å². The number of hydrogen-bond acceptors (Lipinski definition) is 4. The predicted octanol–water partition coefficient (Wildman–Crippen LogP) is 1.45. The fourth-order valence-electron chi connectivity index (χ4n) is 3.01. The number of piperazine rings is 1. The highest BCUT2D eigenvalue weighted by atomic mass is 19.1. The van der Waals surface area contributed by atoms with Gasteiger partial charge in [0.2, 0.25) is 5.91 Å². The van der Waals surface area contributed by atoms with Gasteiger partial charge in [0.15, 0.2) is 0 Å². The van der Waals surface area contributed by atoms with Gasteiger partial charge in [0.1, 0.15) is 5.82 Å². The molecule has 2 atom stereocenters. The Morgan fingerprint density at radius 3 is 2.38 bits per heavy atom. The fraction of sp³-hybridized carbons (Fsp3) is 0.611. The first-order valence-electron chi connectivity index (χ1n) is 8.77. The molecule has 1 fully saturated rings. The quantitative estimate of drug-likeness (QED) is 0.791. The highest BCUT2D eigenvalue weighted by Crippen LogP contribution is 2.17. The van der Waals surface area contributed by atoms with E-state index in [2.05, 4.69) is 34.3 Å². The van der Waals surface area contributed by atoms with E-state index in [1.54, 1.807) is 0 Å². The summed E-state index contributed by atoms with van der Waals surface area (Å²) in [7, 11) is 0. The average molecular weight is 336 g/mol. The maximum atomic E-state index is 13.0. The predicted molar refractivity (Wildman–Crippen MR) is 95.8 cm³/mol. The number of carbonyl (C=O) groups excluding carboxylic acids is 1.